The zero-order valence-electron chi connectivity index (χ0n) is 10.6. The van der Waals surface area contributed by atoms with Crippen molar-refractivity contribution in [2.75, 3.05) is 0 Å². The summed E-state index contributed by atoms with van der Waals surface area (Å²) < 4.78 is 5.30. The quantitative estimate of drug-likeness (QED) is 0.838. The van der Waals surface area contributed by atoms with E-state index in [9.17, 15) is 9.90 Å². The minimum atomic E-state index is -0.0497. The zero-order valence-corrected chi connectivity index (χ0v) is 10.6. The fraction of sp³-hybridized carbons (Fsp3) is 0.267. The second-order valence-corrected chi connectivity index (χ2v) is 4.38. The zero-order chi connectivity index (χ0) is 13.1. The molecule has 0 spiro atoms. The normalized spacial score (nSPS) is 10.6. The number of Topliss-reactive ketones (excluding diaryl/α,β-unsaturated/α-hetero) is 1. The van der Waals surface area contributed by atoms with Gasteiger partial charge in [-0.25, -0.2) is 0 Å². The Labute approximate surface area is 106 Å². The number of carbonyl (C=O) groups is 1. The van der Waals surface area contributed by atoms with E-state index >= 15 is 0 Å². The van der Waals surface area contributed by atoms with Gasteiger partial charge in [-0.1, -0.05) is 12.1 Å². The molecular formula is C15H16O3. The van der Waals surface area contributed by atoms with Gasteiger partial charge < -0.3 is 9.52 Å². The summed E-state index contributed by atoms with van der Waals surface area (Å²) >= 11 is 0. The van der Waals surface area contributed by atoms with Crippen molar-refractivity contribution < 1.29 is 14.3 Å². The van der Waals surface area contributed by atoms with Crippen LogP contribution in [0.4, 0.5) is 0 Å². The number of hydrogen-bond acceptors (Lipinski definition) is 3. The Balaban J connectivity index is 2.05. The smallest absolute Gasteiger partial charge is 0.166 e. The molecule has 0 aliphatic heterocycles. The first-order valence-electron chi connectivity index (χ1n) is 5.94. The molecule has 1 N–H and O–H groups in total. The number of aromatic hydroxyl groups is 1. The van der Waals surface area contributed by atoms with E-state index in [1.165, 1.54) is 6.07 Å². The molecule has 0 bridgehead atoms. The van der Waals surface area contributed by atoms with Gasteiger partial charge in [0.05, 0.1) is 11.8 Å². The molecule has 0 atom stereocenters. The van der Waals surface area contributed by atoms with E-state index in [1.54, 1.807) is 24.5 Å². The van der Waals surface area contributed by atoms with Crippen LogP contribution in [0.1, 0.15) is 33.7 Å². The number of furan rings is 1. The van der Waals surface area contributed by atoms with Gasteiger partial charge in [-0.15, -0.1) is 0 Å². The number of hydrogen-bond donors (Lipinski definition) is 1. The topological polar surface area (TPSA) is 50.4 Å². The third kappa shape index (κ3) is 2.45. The van der Waals surface area contributed by atoms with E-state index in [1.807, 2.05) is 13.8 Å². The molecule has 2 rings (SSSR count). The van der Waals surface area contributed by atoms with Gasteiger partial charge in [-0.05, 0) is 43.5 Å². The highest BCUT2D eigenvalue weighted by Crippen LogP contribution is 2.21. The molecule has 0 saturated carbocycles. The Morgan fingerprint density at radius 3 is 2.61 bits per heavy atom. The molecule has 3 nitrogen and oxygen atoms in total. The van der Waals surface area contributed by atoms with Crippen molar-refractivity contribution in [3.63, 3.8) is 0 Å². The number of ketones is 1. The Morgan fingerprint density at radius 1 is 1.28 bits per heavy atom. The van der Waals surface area contributed by atoms with Crippen molar-refractivity contribution in [3.8, 4) is 5.75 Å². The summed E-state index contributed by atoms with van der Waals surface area (Å²) in [6.07, 6.45) is 2.70. The SMILES string of the molecule is Cc1occ(CCC(=O)c2ccccc2O)c1C. The van der Waals surface area contributed by atoms with E-state index in [0.717, 1.165) is 16.9 Å². The van der Waals surface area contributed by atoms with Gasteiger partial charge in [-0.3, -0.25) is 4.79 Å². The first-order chi connectivity index (χ1) is 8.59. The van der Waals surface area contributed by atoms with Crippen LogP contribution < -0.4 is 0 Å². The van der Waals surface area contributed by atoms with Crippen molar-refractivity contribution in [2.24, 2.45) is 0 Å². The monoisotopic (exact) mass is 244 g/mol. The molecule has 2 aromatic rings. The van der Waals surface area contributed by atoms with Crippen LogP contribution in [0.15, 0.2) is 34.9 Å². The molecule has 0 aliphatic carbocycles. The number of phenolic OH excluding ortho intramolecular Hbond substituents is 1. The molecule has 94 valence electrons. The van der Waals surface area contributed by atoms with E-state index in [4.69, 9.17) is 4.42 Å². The lowest BCUT2D eigenvalue weighted by Gasteiger charge is -2.03. The van der Waals surface area contributed by atoms with Crippen molar-refractivity contribution in [3.05, 3.63) is 53.0 Å². The van der Waals surface area contributed by atoms with Crippen LogP contribution in [-0.4, -0.2) is 10.9 Å². The second kappa shape index (κ2) is 5.08. The van der Waals surface area contributed by atoms with Crippen LogP contribution in [0.25, 0.3) is 0 Å². The lowest BCUT2D eigenvalue weighted by molar-refractivity contribution is 0.0980. The molecular weight excluding hydrogens is 228 g/mol. The molecule has 0 unspecified atom stereocenters. The Hall–Kier alpha value is -2.03. The fourth-order valence-electron chi connectivity index (χ4n) is 1.90. The number of phenols is 1. The van der Waals surface area contributed by atoms with E-state index < -0.39 is 0 Å². The van der Waals surface area contributed by atoms with Crippen molar-refractivity contribution in [1.82, 2.24) is 0 Å². The Kier molecular flexibility index (Phi) is 3.51. The predicted octanol–water partition coefficient (Wildman–Crippen LogP) is 3.42. The molecule has 1 aromatic heterocycles. The minimum absolute atomic E-state index is 0.0441. The van der Waals surface area contributed by atoms with Gasteiger partial charge in [-0.2, -0.15) is 0 Å². The summed E-state index contributed by atoms with van der Waals surface area (Å²) in [7, 11) is 0. The fourth-order valence-corrected chi connectivity index (χ4v) is 1.90. The molecule has 1 heterocycles. The lowest BCUT2D eigenvalue weighted by Crippen LogP contribution is -2.01. The Morgan fingerprint density at radius 2 is 2.00 bits per heavy atom. The third-order valence-corrected chi connectivity index (χ3v) is 3.21. The largest absolute Gasteiger partial charge is 0.507 e. The molecule has 18 heavy (non-hydrogen) atoms. The van der Waals surface area contributed by atoms with Crippen molar-refractivity contribution in [2.45, 2.75) is 26.7 Å². The van der Waals surface area contributed by atoms with Crippen LogP contribution in [0.5, 0.6) is 5.75 Å². The van der Waals surface area contributed by atoms with Crippen molar-refractivity contribution >= 4 is 5.78 Å². The van der Waals surface area contributed by atoms with Crippen molar-refractivity contribution in [1.29, 1.82) is 0 Å². The maximum Gasteiger partial charge on any atom is 0.166 e. The van der Waals surface area contributed by atoms with Crippen LogP contribution in [0.2, 0.25) is 0 Å². The van der Waals surface area contributed by atoms with E-state index in [0.29, 0.717) is 18.4 Å². The average Bonchev–Trinajstić information content (AvgIpc) is 2.68. The molecule has 0 saturated heterocycles. The van der Waals surface area contributed by atoms with Crippen LogP contribution >= 0.6 is 0 Å². The lowest BCUT2D eigenvalue weighted by atomic mass is 10.0. The summed E-state index contributed by atoms with van der Waals surface area (Å²) in [5, 5.41) is 9.60. The predicted molar refractivity (Wildman–Crippen MR) is 68.9 cm³/mol. The van der Waals surface area contributed by atoms with Gasteiger partial charge in [0.1, 0.15) is 11.5 Å². The highest BCUT2D eigenvalue weighted by Gasteiger charge is 2.12. The van der Waals surface area contributed by atoms with Gasteiger partial charge in [0, 0.05) is 6.42 Å². The van der Waals surface area contributed by atoms with E-state index in [2.05, 4.69) is 0 Å². The van der Waals surface area contributed by atoms with Crippen LogP contribution in [0, 0.1) is 13.8 Å². The molecule has 3 heteroatoms. The number of benzene rings is 1. The average molecular weight is 244 g/mol. The summed E-state index contributed by atoms with van der Waals surface area (Å²) in [6.45, 7) is 3.89. The second-order valence-electron chi connectivity index (χ2n) is 4.38. The standard InChI is InChI=1S/C15H16O3/c1-10-11(2)18-9-12(10)7-8-15(17)13-5-3-4-6-14(13)16/h3-6,9,16H,7-8H2,1-2H3. The molecule has 0 radical (unpaired) electrons. The van der Waals surface area contributed by atoms with Gasteiger partial charge in [0.25, 0.3) is 0 Å². The highest BCUT2D eigenvalue weighted by molar-refractivity contribution is 5.98. The Bertz CT molecular complexity index is 567. The maximum atomic E-state index is 12.0. The van der Waals surface area contributed by atoms with Gasteiger partial charge in [0.15, 0.2) is 5.78 Å². The summed E-state index contributed by atoms with van der Waals surface area (Å²) in [5.74, 6) is 0.883. The third-order valence-electron chi connectivity index (χ3n) is 3.21. The number of aryl methyl sites for hydroxylation is 2. The first-order valence-corrected chi connectivity index (χ1v) is 5.94. The van der Waals surface area contributed by atoms with Gasteiger partial charge >= 0.3 is 0 Å². The number of para-hydroxylation sites is 1. The first kappa shape index (κ1) is 12.4. The summed E-state index contributed by atoms with van der Waals surface area (Å²) in [5.41, 5.74) is 2.53. The molecule has 0 amide bonds. The number of carbonyl (C=O) groups excluding carboxylic acids is 1. The molecule has 0 fully saturated rings. The molecule has 1 aromatic carbocycles. The van der Waals surface area contributed by atoms with Crippen LogP contribution in [-0.2, 0) is 6.42 Å². The van der Waals surface area contributed by atoms with Gasteiger partial charge in [0.2, 0.25) is 0 Å². The maximum absolute atomic E-state index is 12.0. The minimum Gasteiger partial charge on any atom is -0.507 e. The highest BCUT2D eigenvalue weighted by atomic mass is 16.3. The van der Waals surface area contributed by atoms with Crippen LogP contribution in [0.3, 0.4) is 0 Å². The molecule has 0 aliphatic rings. The van der Waals surface area contributed by atoms with E-state index in [-0.39, 0.29) is 11.5 Å². The summed E-state index contributed by atoms with van der Waals surface area (Å²) in [4.78, 5) is 12.0. The summed E-state index contributed by atoms with van der Waals surface area (Å²) in [6, 6.07) is 6.63. The number of rotatable bonds is 4.